The summed E-state index contributed by atoms with van der Waals surface area (Å²) >= 11 is 39.1. The summed E-state index contributed by atoms with van der Waals surface area (Å²) in [7, 11) is 3.31. The number of methoxy groups -OCH3 is 2. The minimum absolute atomic E-state index is 0.221. The van der Waals surface area contributed by atoms with E-state index in [0.717, 1.165) is 95.3 Å². The van der Waals surface area contributed by atoms with Crippen LogP contribution in [0.3, 0.4) is 0 Å². The predicted molar refractivity (Wildman–Crippen MR) is 313 cm³/mol. The molecule has 8 nitrogen and oxygen atoms in total. The van der Waals surface area contributed by atoms with Crippen LogP contribution in [0.4, 0.5) is 0 Å². The molecular weight excluding hydrogens is 1600 g/mol. The minimum atomic E-state index is -0.478. The molecule has 1 saturated heterocycles. The summed E-state index contributed by atoms with van der Waals surface area (Å²) in [6, 6.07) is 20.5. The van der Waals surface area contributed by atoms with Crippen LogP contribution in [0.1, 0.15) is 76.6 Å². The summed E-state index contributed by atoms with van der Waals surface area (Å²) in [5, 5.41) is 19.1. The van der Waals surface area contributed by atoms with Crippen LogP contribution >= 0.6 is 175 Å². The molecule has 1 fully saturated rings. The fourth-order valence-corrected chi connectivity index (χ4v) is 14.6. The molecule has 0 saturated carbocycles. The lowest BCUT2D eigenvalue weighted by Crippen LogP contribution is -2.20. The molecule has 1 aliphatic heterocycles. The number of rotatable bonds is 17. The number of benzene rings is 5. The van der Waals surface area contributed by atoms with Gasteiger partial charge in [-0.25, -0.2) is 0 Å². The van der Waals surface area contributed by atoms with Gasteiger partial charge in [-0.1, -0.05) is 57.5 Å². The molecular formula is C49H51Br11O8. The highest BCUT2D eigenvalue weighted by atomic mass is 79.9. The van der Waals surface area contributed by atoms with E-state index in [2.05, 4.69) is 251 Å². The van der Waals surface area contributed by atoms with E-state index in [1.54, 1.807) is 14.2 Å². The lowest BCUT2D eigenvalue weighted by atomic mass is 9.78. The lowest BCUT2D eigenvalue weighted by Gasteiger charge is -2.28. The number of epoxide rings is 1. The van der Waals surface area contributed by atoms with Gasteiger partial charge in [0.2, 0.25) is 0 Å². The normalized spacial score (nSPS) is 14.2. The number of ether oxygens (including phenoxy) is 6. The van der Waals surface area contributed by atoms with Gasteiger partial charge >= 0.3 is 0 Å². The van der Waals surface area contributed by atoms with Gasteiger partial charge in [-0.15, -0.1) is 0 Å². The second-order valence-electron chi connectivity index (χ2n) is 16.4. The zero-order valence-electron chi connectivity index (χ0n) is 38.2. The molecule has 0 aliphatic carbocycles. The third-order valence-electron chi connectivity index (χ3n) is 10.8. The van der Waals surface area contributed by atoms with E-state index in [1.807, 2.05) is 26.0 Å². The first-order chi connectivity index (χ1) is 31.9. The van der Waals surface area contributed by atoms with Crippen LogP contribution in [-0.2, 0) is 15.6 Å². The Hall–Kier alpha value is 0.260. The Bertz CT molecular complexity index is 2400. The predicted octanol–water partition coefficient (Wildman–Crippen LogP) is 18.2. The summed E-state index contributed by atoms with van der Waals surface area (Å²) in [6.07, 6.45) is 0.660. The third kappa shape index (κ3) is 16.6. The zero-order chi connectivity index (χ0) is 50.8. The Morgan fingerprint density at radius 2 is 0.721 bits per heavy atom. The van der Waals surface area contributed by atoms with Crippen LogP contribution in [0.15, 0.2) is 110 Å². The first kappa shape index (κ1) is 60.8. The summed E-state index contributed by atoms with van der Waals surface area (Å²) in [6.45, 7) is 14.5. The summed E-state index contributed by atoms with van der Waals surface area (Å²) in [5.41, 5.74) is 4.10. The van der Waals surface area contributed by atoms with Crippen molar-refractivity contribution in [2.24, 2.45) is 0 Å². The second-order valence-corrected chi connectivity index (χ2v) is 25.9. The number of aliphatic hydroxyl groups excluding tert-OH is 2. The van der Waals surface area contributed by atoms with Crippen molar-refractivity contribution in [1.82, 2.24) is 0 Å². The Morgan fingerprint density at radius 3 is 0.971 bits per heavy atom. The zero-order valence-corrected chi connectivity index (χ0v) is 55.7. The summed E-state index contributed by atoms with van der Waals surface area (Å²) in [5.74, 6) is 3.77. The SMILES string of the molecule is CCC(O)COc1c(Br)cc(Br)cc1Br.CCC(O)COc1c(Br)cc(C(C)(C)c2cc(Br)c(OC)c(Br)c2)cc1Br.COc1c(Br)cc(C(C)(C)c2cc(Br)c(OCC3CO3)c(Br)c2)cc1Br. The number of aliphatic hydroxyl groups is 2. The first-order valence-corrected chi connectivity index (χ1v) is 29.7. The Morgan fingerprint density at radius 1 is 0.471 bits per heavy atom. The van der Waals surface area contributed by atoms with Crippen molar-refractivity contribution >= 4 is 175 Å². The molecule has 3 atom stereocenters. The van der Waals surface area contributed by atoms with Crippen molar-refractivity contribution in [1.29, 1.82) is 0 Å². The van der Waals surface area contributed by atoms with Gasteiger partial charge in [0.15, 0.2) is 0 Å². The van der Waals surface area contributed by atoms with E-state index in [4.69, 9.17) is 28.4 Å². The van der Waals surface area contributed by atoms with Crippen LogP contribution in [0.5, 0.6) is 28.7 Å². The topological polar surface area (TPSA) is 99.1 Å². The molecule has 68 heavy (non-hydrogen) atoms. The number of halogens is 11. The van der Waals surface area contributed by atoms with Gasteiger partial charge in [0, 0.05) is 15.3 Å². The van der Waals surface area contributed by atoms with Crippen LogP contribution in [0.2, 0.25) is 0 Å². The third-order valence-corrected chi connectivity index (χ3v) is 17.2. The van der Waals surface area contributed by atoms with E-state index >= 15 is 0 Å². The van der Waals surface area contributed by atoms with Gasteiger partial charge in [-0.3, -0.25) is 0 Å². The Labute approximate surface area is 492 Å². The minimum Gasteiger partial charge on any atom is -0.494 e. The summed E-state index contributed by atoms with van der Waals surface area (Å²) in [4.78, 5) is 0. The van der Waals surface area contributed by atoms with Gasteiger partial charge in [0.1, 0.15) is 54.7 Å². The fraction of sp³-hybridized carbons (Fsp3) is 0.388. The van der Waals surface area contributed by atoms with Crippen molar-refractivity contribution in [2.75, 3.05) is 40.6 Å². The summed E-state index contributed by atoms with van der Waals surface area (Å²) < 4.78 is 43.0. The largest absolute Gasteiger partial charge is 0.494 e. The molecule has 0 spiro atoms. The van der Waals surface area contributed by atoms with Crippen molar-refractivity contribution in [3.8, 4) is 28.7 Å². The molecule has 2 N–H and O–H groups in total. The van der Waals surface area contributed by atoms with Gasteiger partial charge in [0.05, 0.1) is 77.8 Å². The Balaban J connectivity index is 0.000000232. The number of hydrogen-bond donors (Lipinski definition) is 2. The van der Waals surface area contributed by atoms with E-state index in [1.165, 1.54) is 0 Å². The maximum absolute atomic E-state index is 9.75. The van der Waals surface area contributed by atoms with Crippen LogP contribution in [0.25, 0.3) is 0 Å². The standard InChI is InChI=1S/C20H22Br4O3.C19H18Br4O3.C10H11Br3O2/c1-5-13(25)10-27-19-16(23)8-12(9-17(19)24)20(2,3)11-6-14(21)18(26-4)15(22)7-11;1-19(2,10-4-13(20)17(24-3)14(21)5-10)11-6-15(22)18(16(23)7-11)26-9-12-8-25-12;1-2-7(14)5-15-10-8(12)3-6(11)4-9(10)13/h6-9,13,25H,5,10H2,1-4H3;4-7,12H,8-9H2,1-3H3;3-4,7,14H,2,5H2,1H3. The molecule has 0 radical (unpaired) electrons. The molecule has 372 valence electrons. The van der Waals surface area contributed by atoms with Crippen molar-refractivity contribution in [2.45, 2.75) is 83.5 Å². The average molecular weight is 1650 g/mol. The van der Waals surface area contributed by atoms with Crippen molar-refractivity contribution in [3.63, 3.8) is 0 Å². The van der Waals surface area contributed by atoms with Gasteiger partial charge in [0.25, 0.3) is 0 Å². The monoisotopic (exact) mass is 1640 g/mol. The molecule has 3 unspecified atom stereocenters. The molecule has 0 bridgehead atoms. The molecule has 5 aromatic carbocycles. The van der Waals surface area contributed by atoms with Gasteiger partial charge in [-0.2, -0.15) is 0 Å². The molecule has 1 aliphatic rings. The fourth-order valence-electron chi connectivity index (χ4n) is 6.28. The highest BCUT2D eigenvalue weighted by Gasteiger charge is 2.30. The second kappa shape index (κ2) is 27.7. The van der Waals surface area contributed by atoms with E-state index < -0.39 is 12.2 Å². The molecule has 5 aromatic rings. The van der Waals surface area contributed by atoms with Crippen molar-refractivity contribution < 1.29 is 38.6 Å². The van der Waals surface area contributed by atoms with Crippen molar-refractivity contribution in [3.05, 3.63) is 132 Å². The first-order valence-electron chi connectivity index (χ1n) is 21.0. The smallest absolute Gasteiger partial charge is 0.147 e. The van der Waals surface area contributed by atoms with Crippen LogP contribution in [0, 0.1) is 0 Å². The molecule has 0 aromatic heterocycles. The van der Waals surface area contributed by atoms with E-state index in [0.29, 0.717) is 37.6 Å². The van der Waals surface area contributed by atoms with Crippen LogP contribution in [-0.4, -0.2) is 69.2 Å². The van der Waals surface area contributed by atoms with Gasteiger partial charge < -0.3 is 38.6 Å². The molecule has 19 heteroatoms. The molecule has 1 heterocycles. The van der Waals surface area contributed by atoms with Gasteiger partial charge in [-0.05, 0) is 255 Å². The highest BCUT2D eigenvalue weighted by Crippen LogP contribution is 2.46. The quantitative estimate of drug-likeness (QED) is 0.0889. The number of hydrogen-bond acceptors (Lipinski definition) is 8. The molecule has 6 rings (SSSR count). The van der Waals surface area contributed by atoms with E-state index in [-0.39, 0.29) is 23.5 Å². The van der Waals surface area contributed by atoms with Crippen LogP contribution < -0.4 is 23.7 Å². The Kier molecular flexibility index (Phi) is 24.8. The average Bonchev–Trinajstić information content (AvgIpc) is 4.10. The maximum Gasteiger partial charge on any atom is 0.147 e. The van der Waals surface area contributed by atoms with E-state index in [9.17, 15) is 10.2 Å². The highest BCUT2D eigenvalue weighted by molar-refractivity contribution is 9.12. The lowest BCUT2D eigenvalue weighted by molar-refractivity contribution is 0.103. The molecule has 0 amide bonds. The maximum atomic E-state index is 9.75.